The van der Waals surface area contributed by atoms with Gasteiger partial charge in [0.15, 0.2) is 0 Å². The first-order valence-corrected chi connectivity index (χ1v) is 9.07. The number of carbonyl (C=O) groups is 1. The van der Waals surface area contributed by atoms with Crippen LogP contribution in [0.1, 0.15) is 40.5 Å². The Kier molecular flexibility index (Phi) is 4.73. The number of benzene rings is 1. The summed E-state index contributed by atoms with van der Waals surface area (Å²) in [6, 6.07) is 14.2. The molecular formula is C20H17ClN4O2. The molecule has 0 unspecified atom stereocenters. The van der Waals surface area contributed by atoms with Crippen LogP contribution < -0.4 is 10.9 Å². The van der Waals surface area contributed by atoms with E-state index in [4.69, 9.17) is 11.6 Å². The van der Waals surface area contributed by atoms with Gasteiger partial charge in [-0.1, -0.05) is 29.8 Å². The van der Waals surface area contributed by atoms with Gasteiger partial charge in [-0.05, 0) is 54.7 Å². The monoisotopic (exact) mass is 380 g/mol. The highest BCUT2D eigenvalue weighted by Gasteiger charge is 2.26. The third-order valence-electron chi connectivity index (χ3n) is 4.31. The maximum absolute atomic E-state index is 12.4. The third-order valence-corrected chi connectivity index (χ3v) is 4.55. The number of hydrogen-bond acceptors (Lipinski definition) is 4. The molecule has 4 rings (SSSR count). The summed E-state index contributed by atoms with van der Waals surface area (Å²) in [5.41, 5.74) is 2.12. The van der Waals surface area contributed by atoms with Crippen molar-refractivity contribution in [2.24, 2.45) is 0 Å². The van der Waals surface area contributed by atoms with E-state index in [1.165, 1.54) is 16.8 Å². The van der Waals surface area contributed by atoms with Crippen molar-refractivity contribution in [1.82, 2.24) is 14.8 Å². The lowest BCUT2D eigenvalue weighted by molar-refractivity contribution is 0.101. The molecule has 1 N–H and O–H groups in total. The van der Waals surface area contributed by atoms with Crippen LogP contribution in [0.5, 0.6) is 0 Å². The molecule has 2 heterocycles. The molecule has 3 aromatic rings. The highest BCUT2D eigenvalue weighted by atomic mass is 35.5. The van der Waals surface area contributed by atoms with Crippen LogP contribution in [0.4, 0.5) is 5.82 Å². The molecular weight excluding hydrogens is 364 g/mol. The fourth-order valence-corrected chi connectivity index (χ4v) is 3.01. The van der Waals surface area contributed by atoms with E-state index >= 15 is 0 Å². The highest BCUT2D eigenvalue weighted by Crippen LogP contribution is 2.32. The molecule has 0 bridgehead atoms. The highest BCUT2D eigenvalue weighted by molar-refractivity contribution is 6.30. The van der Waals surface area contributed by atoms with Crippen molar-refractivity contribution in [2.75, 3.05) is 5.32 Å². The van der Waals surface area contributed by atoms with Crippen LogP contribution >= 0.6 is 11.6 Å². The molecule has 1 saturated carbocycles. The normalized spacial score (nSPS) is 13.4. The zero-order valence-corrected chi connectivity index (χ0v) is 15.2. The van der Waals surface area contributed by atoms with Gasteiger partial charge in [0.2, 0.25) is 0 Å². The molecule has 0 atom stereocenters. The van der Waals surface area contributed by atoms with Gasteiger partial charge in [0.25, 0.3) is 11.5 Å². The van der Waals surface area contributed by atoms with E-state index < -0.39 is 0 Å². The van der Waals surface area contributed by atoms with Crippen LogP contribution in [0.3, 0.4) is 0 Å². The molecule has 0 aliphatic heterocycles. The molecule has 0 spiro atoms. The number of anilines is 1. The van der Waals surface area contributed by atoms with Gasteiger partial charge < -0.3 is 5.32 Å². The Hall–Kier alpha value is -2.99. The molecule has 0 saturated heterocycles. The summed E-state index contributed by atoms with van der Waals surface area (Å²) in [6.45, 7) is 0. The number of pyridine rings is 1. The van der Waals surface area contributed by atoms with Gasteiger partial charge in [0.05, 0.1) is 6.04 Å². The van der Waals surface area contributed by atoms with Crippen molar-refractivity contribution >= 4 is 23.3 Å². The van der Waals surface area contributed by atoms with Crippen LogP contribution in [0.15, 0.2) is 59.5 Å². The maximum atomic E-state index is 12.4. The standard InChI is InChI=1S/C20H17ClN4O2/c21-15-3-1-2-13(11-15)10-14-4-8-18(22-12-14)23-20(27)17-7-9-19(26)25(24-17)16-5-6-16/h1-4,7-9,11-12,16H,5-6,10H2,(H,22,23,27). The Balaban J connectivity index is 1.44. The zero-order chi connectivity index (χ0) is 18.8. The van der Waals surface area contributed by atoms with Gasteiger partial charge in [0.1, 0.15) is 11.5 Å². The minimum atomic E-state index is -0.389. The average Bonchev–Trinajstić information content (AvgIpc) is 3.49. The molecule has 6 nitrogen and oxygen atoms in total. The second-order valence-corrected chi connectivity index (χ2v) is 6.98. The number of nitrogens with one attached hydrogen (secondary N) is 1. The first-order chi connectivity index (χ1) is 13.1. The third kappa shape index (κ3) is 4.23. The Morgan fingerprint density at radius 1 is 1.15 bits per heavy atom. The molecule has 7 heteroatoms. The first-order valence-electron chi connectivity index (χ1n) is 8.69. The molecule has 27 heavy (non-hydrogen) atoms. The van der Waals surface area contributed by atoms with Gasteiger partial charge in [-0.2, -0.15) is 5.10 Å². The van der Waals surface area contributed by atoms with Crippen molar-refractivity contribution in [1.29, 1.82) is 0 Å². The number of carbonyl (C=O) groups excluding carboxylic acids is 1. The maximum Gasteiger partial charge on any atom is 0.277 e. The Morgan fingerprint density at radius 2 is 2.00 bits per heavy atom. The molecule has 136 valence electrons. The number of nitrogens with zero attached hydrogens (tertiary/aromatic N) is 3. The van der Waals surface area contributed by atoms with Gasteiger partial charge in [-0.15, -0.1) is 0 Å². The van der Waals surface area contributed by atoms with E-state index in [0.717, 1.165) is 24.0 Å². The van der Waals surface area contributed by atoms with Crippen LogP contribution in [-0.2, 0) is 6.42 Å². The molecule has 1 aliphatic rings. The number of rotatable bonds is 5. The summed E-state index contributed by atoms with van der Waals surface area (Å²) >= 11 is 6.01. The average molecular weight is 381 g/mol. The van der Waals surface area contributed by atoms with Crippen LogP contribution in [0.2, 0.25) is 5.02 Å². The summed E-state index contributed by atoms with van der Waals surface area (Å²) in [7, 11) is 0. The molecule has 2 aromatic heterocycles. The number of amides is 1. The van der Waals surface area contributed by atoms with Crippen molar-refractivity contribution in [3.05, 3.63) is 86.9 Å². The second-order valence-electron chi connectivity index (χ2n) is 6.55. The van der Waals surface area contributed by atoms with E-state index in [-0.39, 0.29) is 23.2 Å². The summed E-state index contributed by atoms with van der Waals surface area (Å²) in [5, 5.41) is 7.58. The predicted octanol–water partition coefficient (Wildman–Crippen LogP) is 3.47. The van der Waals surface area contributed by atoms with Crippen LogP contribution in [0, 0.1) is 0 Å². The van der Waals surface area contributed by atoms with E-state index in [2.05, 4.69) is 15.4 Å². The molecule has 0 radical (unpaired) electrons. The largest absolute Gasteiger partial charge is 0.305 e. The van der Waals surface area contributed by atoms with E-state index in [9.17, 15) is 9.59 Å². The Bertz CT molecular complexity index is 1040. The van der Waals surface area contributed by atoms with Crippen molar-refractivity contribution in [2.45, 2.75) is 25.3 Å². The summed E-state index contributed by atoms with van der Waals surface area (Å²) in [5.74, 6) is 0.0420. The van der Waals surface area contributed by atoms with Gasteiger partial charge >= 0.3 is 0 Å². The number of hydrogen-bond donors (Lipinski definition) is 1. The van der Waals surface area contributed by atoms with Crippen LogP contribution in [-0.4, -0.2) is 20.7 Å². The minimum Gasteiger partial charge on any atom is -0.305 e. The number of aromatic nitrogens is 3. The SMILES string of the molecule is O=C(Nc1ccc(Cc2cccc(Cl)c2)cn1)c1ccc(=O)n(C2CC2)n1. The lowest BCUT2D eigenvalue weighted by Crippen LogP contribution is -2.25. The lowest BCUT2D eigenvalue weighted by Gasteiger charge is -2.07. The predicted molar refractivity (Wildman–Crippen MR) is 103 cm³/mol. The Morgan fingerprint density at radius 3 is 2.70 bits per heavy atom. The van der Waals surface area contributed by atoms with Crippen LogP contribution in [0.25, 0.3) is 0 Å². The second kappa shape index (κ2) is 7.32. The molecule has 1 aromatic carbocycles. The molecule has 1 aliphatic carbocycles. The smallest absolute Gasteiger partial charge is 0.277 e. The summed E-state index contributed by atoms with van der Waals surface area (Å²) < 4.78 is 1.39. The van der Waals surface area contributed by atoms with E-state index in [0.29, 0.717) is 17.3 Å². The fourth-order valence-electron chi connectivity index (χ4n) is 2.79. The van der Waals surface area contributed by atoms with Crippen molar-refractivity contribution < 1.29 is 4.79 Å². The minimum absolute atomic E-state index is 0.120. The fraction of sp³-hybridized carbons (Fsp3) is 0.200. The molecule has 1 amide bonds. The first kappa shape index (κ1) is 17.4. The zero-order valence-electron chi connectivity index (χ0n) is 14.4. The summed E-state index contributed by atoms with van der Waals surface area (Å²) in [4.78, 5) is 28.5. The van der Waals surface area contributed by atoms with Gasteiger partial charge in [-0.3, -0.25) is 9.59 Å². The van der Waals surface area contributed by atoms with Crippen molar-refractivity contribution in [3.8, 4) is 0 Å². The van der Waals surface area contributed by atoms with Gasteiger partial charge in [-0.25, -0.2) is 9.67 Å². The van der Waals surface area contributed by atoms with Crippen molar-refractivity contribution in [3.63, 3.8) is 0 Å². The Labute approximate surface area is 160 Å². The summed E-state index contributed by atoms with van der Waals surface area (Å²) in [6.07, 6.45) is 4.27. The quantitative estimate of drug-likeness (QED) is 0.735. The van der Waals surface area contributed by atoms with Gasteiger partial charge in [0, 0.05) is 17.3 Å². The van der Waals surface area contributed by atoms with E-state index in [1.54, 1.807) is 12.3 Å². The lowest BCUT2D eigenvalue weighted by atomic mass is 10.1. The van der Waals surface area contributed by atoms with E-state index in [1.807, 2.05) is 30.3 Å². The molecule has 1 fully saturated rings. The number of halogens is 1. The topological polar surface area (TPSA) is 76.9 Å².